The SMILES string of the molecule is COC(=O)c1cc(OC(C)=O)c2ccsc2c1-c1ccc(C)cc1. The van der Waals surface area contributed by atoms with Gasteiger partial charge in [0.25, 0.3) is 0 Å². The molecule has 3 aromatic rings. The fourth-order valence-corrected chi connectivity index (χ4v) is 3.60. The second-order valence-electron chi connectivity index (χ2n) is 5.41. The molecule has 0 amide bonds. The summed E-state index contributed by atoms with van der Waals surface area (Å²) in [5.74, 6) is -0.523. The Morgan fingerprint density at radius 3 is 2.42 bits per heavy atom. The van der Waals surface area contributed by atoms with Crippen LogP contribution in [0.1, 0.15) is 22.8 Å². The molecule has 0 atom stereocenters. The number of fused-ring (bicyclic) bond motifs is 1. The summed E-state index contributed by atoms with van der Waals surface area (Å²) in [5.41, 5.74) is 3.23. The van der Waals surface area contributed by atoms with Crippen LogP contribution in [0.2, 0.25) is 0 Å². The highest BCUT2D eigenvalue weighted by Gasteiger charge is 2.21. The van der Waals surface area contributed by atoms with Gasteiger partial charge in [-0.1, -0.05) is 29.8 Å². The molecule has 4 nitrogen and oxygen atoms in total. The summed E-state index contributed by atoms with van der Waals surface area (Å²) in [6.45, 7) is 3.35. The van der Waals surface area contributed by atoms with Gasteiger partial charge < -0.3 is 9.47 Å². The van der Waals surface area contributed by atoms with Crippen molar-refractivity contribution in [3.63, 3.8) is 0 Å². The number of hydrogen-bond donors (Lipinski definition) is 0. The maximum Gasteiger partial charge on any atom is 0.338 e. The van der Waals surface area contributed by atoms with Crippen molar-refractivity contribution in [3.05, 3.63) is 52.9 Å². The quantitative estimate of drug-likeness (QED) is 0.517. The molecule has 0 saturated carbocycles. The van der Waals surface area contributed by atoms with Gasteiger partial charge in [0.15, 0.2) is 0 Å². The number of thiophene rings is 1. The molecule has 0 aliphatic carbocycles. The second-order valence-corrected chi connectivity index (χ2v) is 6.33. The number of carbonyl (C=O) groups is 2. The molecule has 0 radical (unpaired) electrons. The Morgan fingerprint density at radius 2 is 1.79 bits per heavy atom. The molecular formula is C19H16O4S. The van der Waals surface area contributed by atoms with Crippen LogP contribution >= 0.6 is 11.3 Å². The number of carbonyl (C=O) groups excluding carboxylic acids is 2. The minimum absolute atomic E-state index is 0.370. The zero-order valence-electron chi connectivity index (χ0n) is 13.6. The monoisotopic (exact) mass is 340 g/mol. The predicted octanol–water partition coefficient (Wildman–Crippen LogP) is 4.59. The molecule has 0 N–H and O–H groups in total. The van der Waals surface area contributed by atoms with Gasteiger partial charge in [0.05, 0.1) is 12.7 Å². The van der Waals surface area contributed by atoms with Gasteiger partial charge in [-0.05, 0) is 30.0 Å². The van der Waals surface area contributed by atoms with Crippen LogP contribution in [-0.4, -0.2) is 19.0 Å². The van der Waals surface area contributed by atoms with Crippen LogP contribution in [0.25, 0.3) is 21.2 Å². The van der Waals surface area contributed by atoms with E-state index in [1.807, 2.05) is 42.6 Å². The van der Waals surface area contributed by atoms with Gasteiger partial charge >= 0.3 is 11.9 Å². The van der Waals surface area contributed by atoms with Crippen molar-refractivity contribution < 1.29 is 19.1 Å². The van der Waals surface area contributed by atoms with E-state index in [-0.39, 0.29) is 0 Å². The smallest absolute Gasteiger partial charge is 0.338 e. The molecule has 1 aromatic heterocycles. The van der Waals surface area contributed by atoms with Crippen molar-refractivity contribution in [1.29, 1.82) is 0 Å². The zero-order valence-corrected chi connectivity index (χ0v) is 14.4. The van der Waals surface area contributed by atoms with E-state index in [9.17, 15) is 9.59 Å². The lowest BCUT2D eigenvalue weighted by Gasteiger charge is -2.13. The highest BCUT2D eigenvalue weighted by molar-refractivity contribution is 7.17. The van der Waals surface area contributed by atoms with E-state index in [1.165, 1.54) is 25.4 Å². The molecule has 3 rings (SSSR count). The van der Waals surface area contributed by atoms with Crippen LogP contribution in [0.5, 0.6) is 5.75 Å². The second kappa shape index (κ2) is 6.45. The first kappa shape index (κ1) is 16.2. The molecule has 0 aliphatic rings. The number of esters is 2. The van der Waals surface area contributed by atoms with Crippen molar-refractivity contribution in [3.8, 4) is 16.9 Å². The third kappa shape index (κ3) is 2.90. The Balaban J connectivity index is 2.33. The van der Waals surface area contributed by atoms with Crippen molar-refractivity contribution in [2.75, 3.05) is 7.11 Å². The van der Waals surface area contributed by atoms with E-state index in [0.717, 1.165) is 26.8 Å². The first-order valence-corrected chi connectivity index (χ1v) is 8.27. The average Bonchev–Trinajstić information content (AvgIpc) is 3.04. The van der Waals surface area contributed by atoms with Gasteiger partial charge in [-0.2, -0.15) is 0 Å². The summed E-state index contributed by atoms with van der Waals surface area (Å²) < 4.78 is 11.1. The van der Waals surface area contributed by atoms with Crippen LogP contribution in [0, 0.1) is 6.92 Å². The third-order valence-electron chi connectivity index (χ3n) is 3.70. The van der Waals surface area contributed by atoms with E-state index in [0.29, 0.717) is 11.3 Å². The summed E-state index contributed by atoms with van der Waals surface area (Å²) >= 11 is 1.50. The molecule has 0 bridgehead atoms. The first-order chi connectivity index (χ1) is 11.5. The highest BCUT2D eigenvalue weighted by Crippen LogP contribution is 2.41. The number of benzene rings is 2. The topological polar surface area (TPSA) is 52.6 Å². The lowest BCUT2D eigenvalue weighted by Crippen LogP contribution is -2.07. The standard InChI is InChI=1S/C19H16O4S/c1-11-4-6-13(7-5-11)17-15(19(21)22-3)10-16(23-12(2)20)14-8-9-24-18(14)17/h4-10H,1-3H3. The fraction of sp³-hybridized carbons (Fsp3) is 0.158. The van der Waals surface area contributed by atoms with E-state index in [4.69, 9.17) is 9.47 Å². The van der Waals surface area contributed by atoms with Crippen molar-refractivity contribution in [2.24, 2.45) is 0 Å². The normalized spacial score (nSPS) is 10.6. The predicted molar refractivity (Wildman–Crippen MR) is 94.6 cm³/mol. The molecule has 5 heteroatoms. The highest BCUT2D eigenvalue weighted by atomic mass is 32.1. The molecule has 0 fully saturated rings. The first-order valence-electron chi connectivity index (χ1n) is 7.39. The number of methoxy groups -OCH3 is 1. The summed E-state index contributed by atoms with van der Waals surface area (Å²) in [6, 6.07) is 11.4. The Labute approximate surface area is 143 Å². The van der Waals surface area contributed by atoms with Gasteiger partial charge in [0.1, 0.15) is 5.75 Å². The number of ether oxygens (including phenoxy) is 2. The lowest BCUT2D eigenvalue weighted by atomic mass is 9.96. The van der Waals surface area contributed by atoms with Crippen LogP contribution in [0.3, 0.4) is 0 Å². The van der Waals surface area contributed by atoms with Crippen LogP contribution in [0.15, 0.2) is 41.8 Å². The molecule has 0 unspecified atom stereocenters. The minimum atomic E-state index is -0.464. The van der Waals surface area contributed by atoms with Gasteiger partial charge in [-0.3, -0.25) is 4.79 Å². The average molecular weight is 340 g/mol. The fourth-order valence-electron chi connectivity index (χ4n) is 2.62. The number of rotatable bonds is 3. The Bertz CT molecular complexity index is 922. The molecule has 122 valence electrons. The Hall–Kier alpha value is -2.66. The number of aryl methyl sites for hydroxylation is 1. The molecule has 0 saturated heterocycles. The zero-order chi connectivity index (χ0) is 17.3. The lowest BCUT2D eigenvalue weighted by molar-refractivity contribution is -0.131. The number of hydrogen-bond acceptors (Lipinski definition) is 5. The van der Waals surface area contributed by atoms with Gasteiger partial charge in [-0.15, -0.1) is 11.3 Å². The molecule has 2 aromatic carbocycles. The van der Waals surface area contributed by atoms with Crippen LogP contribution < -0.4 is 4.74 Å². The van der Waals surface area contributed by atoms with Crippen LogP contribution in [-0.2, 0) is 9.53 Å². The van der Waals surface area contributed by atoms with Crippen molar-refractivity contribution in [2.45, 2.75) is 13.8 Å². The summed E-state index contributed by atoms with van der Waals surface area (Å²) in [7, 11) is 1.34. The Kier molecular flexibility index (Phi) is 4.36. The van der Waals surface area contributed by atoms with Gasteiger partial charge in [0, 0.05) is 22.6 Å². The molecule has 0 aliphatic heterocycles. The van der Waals surface area contributed by atoms with E-state index in [1.54, 1.807) is 6.07 Å². The summed E-state index contributed by atoms with van der Waals surface area (Å²) in [5, 5.41) is 2.72. The minimum Gasteiger partial charge on any atom is -0.465 e. The van der Waals surface area contributed by atoms with E-state index < -0.39 is 11.9 Å². The maximum absolute atomic E-state index is 12.3. The maximum atomic E-state index is 12.3. The molecule has 0 spiro atoms. The molecule has 24 heavy (non-hydrogen) atoms. The Morgan fingerprint density at radius 1 is 1.08 bits per heavy atom. The van der Waals surface area contributed by atoms with Gasteiger partial charge in [-0.25, -0.2) is 4.79 Å². The van der Waals surface area contributed by atoms with Crippen molar-refractivity contribution in [1.82, 2.24) is 0 Å². The van der Waals surface area contributed by atoms with Crippen molar-refractivity contribution >= 4 is 33.4 Å². The van der Waals surface area contributed by atoms with Gasteiger partial charge in [0.2, 0.25) is 0 Å². The third-order valence-corrected chi connectivity index (χ3v) is 4.63. The summed E-state index contributed by atoms with van der Waals surface area (Å²) in [6.07, 6.45) is 0. The largest absolute Gasteiger partial charge is 0.465 e. The summed E-state index contributed by atoms with van der Waals surface area (Å²) in [4.78, 5) is 23.7. The van der Waals surface area contributed by atoms with E-state index in [2.05, 4.69) is 0 Å². The molecule has 1 heterocycles. The van der Waals surface area contributed by atoms with E-state index >= 15 is 0 Å². The van der Waals surface area contributed by atoms with Crippen LogP contribution in [0.4, 0.5) is 0 Å². The molecular weight excluding hydrogens is 324 g/mol.